The van der Waals surface area contributed by atoms with Crippen molar-refractivity contribution >= 4 is 17.6 Å². The normalized spacial score (nSPS) is 24.2. The zero-order chi connectivity index (χ0) is 27.3. The number of alkyl halides is 3. The molecule has 0 saturated carbocycles. The first kappa shape index (κ1) is 27.9. The number of aliphatic hydroxyl groups excluding tert-OH is 1. The van der Waals surface area contributed by atoms with Crippen LogP contribution in [0, 0.1) is 0 Å². The van der Waals surface area contributed by atoms with E-state index in [2.05, 4.69) is 15.6 Å². The molecule has 0 bridgehead atoms. The van der Waals surface area contributed by atoms with Gasteiger partial charge in [0.25, 0.3) is 0 Å². The molecule has 0 unspecified atom stereocenters. The van der Waals surface area contributed by atoms with E-state index in [1.54, 1.807) is 6.33 Å². The maximum absolute atomic E-state index is 13.1. The zero-order valence-electron chi connectivity index (χ0n) is 21.0. The minimum atomic E-state index is -4.48. The van der Waals surface area contributed by atoms with Gasteiger partial charge in [-0.15, -0.1) is 0 Å². The maximum atomic E-state index is 13.1. The summed E-state index contributed by atoms with van der Waals surface area (Å²) in [5, 5.41) is 15.8. The third-order valence-corrected chi connectivity index (χ3v) is 6.58. The van der Waals surface area contributed by atoms with Crippen LogP contribution in [-0.4, -0.2) is 82.2 Å². The first-order valence-corrected chi connectivity index (χ1v) is 12.5. The molecule has 0 radical (unpaired) electrons. The average molecular weight is 540 g/mol. The van der Waals surface area contributed by atoms with E-state index in [9.17, 15) is 27.9 Å². The van der Waals surface area contributed by atoms with Crippen molar-refractivity contribution in [2.24, 2.45) is 7.05 Å². The minimum absolute atomic E-state index is 0.00465. The van der Waals surface area contributed by atoms with Gasteiger partial charge >= 0.3 is 12.2 Å². The molecule has 2 fully saturated rings. The van der Waals surface area contributed by atoms with Crippen LogP contribution in [0.1, 0.15) is 30.5 Å². The SMILES string of the molecule is Cn1cnc(CCNC(=O)C[C@H]2CC[C@@H]3[C@H](COC[C@@H](O)CN3C(=O)Nc3ccc(C(F)(F)F)cc3)O2)c1. The predicted octanol–water partition coefficient (Wildman–Crippen LogP) is 2.33. The summed E-state index contributed by atoms with van der Waals surface area (Å²) in [6.45, 7) is 0.544. The molecule has 3 amide bonds. The molecule has 3 heterocycles. The standard InChI is InChI=1S/C25H32F3N5O5/c1-32-11-18(30-15-32)8-9-29-23(35)10-20-6-7-21-22(38-20)14-37-13-19(34)12-33(21)24(36)31-17-4-2-16(3-5-17)25(26,27)28/h2-5,11,15,19-22,34H,6-10,12-14H2,1H3,(H,29,35)(H,31,36)/t19-,20+,21+,22-/m0/s1. The van der Waals surface area contributed by atoms with Gasteiger partial charge in [-0.25, -0.2) is 9.78 Å². The number of amides is 3. The summed E-state index contributed by atoms with van der Waals surface area (Å²) in [7, 11) is 1.88. The Morgan fingerprint density at radius 3 is 2.63 bits per heavy atom. The third-order valence-electron chi connectivity index (χ3n) is 6.58. The Morgan fingerprint density at radius 1 is 1.18 bits per heavy atom. The number of β-amino-alcohol motifs (C(OH)–C–C–N with tert-alkyl or cyclic N) is 1. The van der Waals surface area contributed by atoms with E-state index in [0.717, 1.165) is 17.8 Å². The summed E-state index contributed by atoms with van der Waals surface area (Å²) in [6, 6.07) is 3.15. The Morgan fingerprint density at radius 2 is 1.95 bits per heavy atom. The number of fused-ring (bicyclic) bond motifs is 1. The first-order chi connectivity index (χ1) is 18.1. The number of aryl methyl sites for hydroxylation is 1. The summed E-state index contributed by atoms with van der Waals surface area (Å²) in [5.74, 6) is -0.150. The van der Waals surface area contributed by atoms with Crippen molar-refractivity contribution in [1.29, 1.82) is 0 Å². The number of hydrogen-bond acceptors (Lipinski definition) is 6. The maximum Gasteiger partial charge on any atom is 0.416 e. The number of urea groups is 1. The van der Waals surface area contributed by atoms with Crippen molar-refractivity contribution in [2.45, 2.75) is 56.2 Å². The number of carbonyl (C=O) groups excluding carboxylic acids is 2. The number of carbonyl (C=O) groups is 2. The highest BCUT2D eigenvalue weighted by Crippen LogP contribution is 2.31. The Kier molecular flexibility index (Phi) is 8.90. The van der Waals surface area contributed by atoms with Crippen molar-refractivity contribution in [3.05, 3.63) is 48.0 Å². The van der Waals surface area contributed by atoms with Gasteiger partial charge in [-0.3, -0.25) is 4.79 Å². The molecule has 10 nitrogen and oxygen atoms in total. The van der Waals surface area contributed by atoms with Crippen molar-refractivity contribution in [3.63, 3.8) is 0 Å². The van der Waals surface area contributed by atoms with Crippen LogP contribution in [0.5, 0.6) is 0 Å². The van der Waals surface area contributed by atoms with E-state index in [0.29, 0.717) is 25.8 Å². The van der Waals surface area contributed by atoms with Crippen LogP contribution in [-0.2, 0) is 33.9 Å². The molecule has 2 aliphatic heterocycles. The van der Waals surface area contributed by atoms with Gasteiger partial charge in [-0.05, 0) is 37.1 Å². The number of ether oxygens (including phenoxy) is 2. The van der Waals surface area contributed by atoms with Crippen LogP contribution < -0.4 is 10.6 Å². The number of aliphatic hydroxyl groups is 1. The largest absolute Gasteiger partial charge is 0.416 e. The molecule has 2 saturated heterocycles. The number of rotatable bonds is 6. The Balaban J connectivity index is 1.33. The van der Waals surface area contributed by atoms with E-state index < -0.39 is 36.0 Å². The number of halogens is 3. The molecule has 0 spiro atoms. The van der Waals surface area contributed by atoms with Gasteiger partial charge in [0, 0.05) is 31.9 Å². The lowest BCUT2D eigenvalue weighted by molar-refractivity contribution is -0.149. The lowest BCUT2D eigenvalue weighted by Gasteiger charge is -2.44. The van der Waals surface area contributed by atoms with Gasteiger partial charge in [-0.2, -0.15) is 13.2 Å². The number of hydrogen-bond donors (Lipinski definition) is 3. The number of nitrogens with zero attached hydrogens (tertiary/aromatic N) is 3. The number of aromatic nitrogens is 2. The van der Waals surface area contributed by atoms with Crippen molar-refractivity contribution in [3.8, 4) is 0 Å². The first-order valence-electron chi connectivity index (χ1n) is 12.5. The van der Waals surface area contributed by atoms with Crippen LogP contribution in [0.3, 0.4) is 0 Å². The Bertz CT molecular complexity index is 1090. The monoisotopic (exact) mass is 539 g/mol. The molecule has 2 aliphatic rings. The fourth-order valence-electron chi connectivity index (χ4n) is 4.72. The van der Waals surface area contributed by atoms with Crippen molar-refractivity contribution < 1.29 is 37.3 Å². The van der Waals surface area contributed by atoms with Crippen LogP contribution >= 0.6 is 0 Å². The van der Waals surface area contributed by atoms with Gasteiger partial charge in [0.2, 0.25) is 5.91 Å². The molecule has 4 atom stereocenters. The highest BCUT2D eigenvalue weighted by molar-refractivity contribution is 5.89. The van der Waals surface area contributed by atoms with Gasteiger partial charge in [0.1, 0.15) is 6.10 Å². The van der Waals surface area contributed by atoms with E-state index in [4.69, 9.17) is 9.47 Å². The van der Waals surface area contributed by atoms with E-state index >= 15 is 0 Å². The number of benzene rings is 1. The summed E-state index contributed by atoms with van der Waals surface area (Å²) in [5.41, 5.74) is 0.263. The number of nitrogens with one attached hydrogen (secondary N) is 2. The number of imidazole rings is 1. The molecule has 2 aromatic rings. The fraction of sp³-hybridized carbons (Fsp3) is 0.560. The average Bonchev–Trinajstić information content (AvgIpc) is 3.26. The van der Waals surface area contributed by atoms with Crippen LogP contribution in [0.2, 0.25) is 0 Å². The van der Waals surface area contributed by atoms with E-state index in [1.807, 2.05) is 17.8 Å². The van der Waals surface area contributed by atoms with Gasteiger partial charge < -0.3 is 34.7 Å². The Hall–Kier alpha value is -3.16. The molecule has 0 aliphatic carbocycles. The highest BCUT2D eigenvalue weighted by atomic mass is 19.4. The minimum Gasteiger partial charge on any atom is -0.389 e. The summed E-state index contributed by atoms with van der Waals surface area (Å²) in [6.07, 6.45) is -0.921. The quantitative estimate of drug-likeness (QED) is 0.519. The second kappa shape index (κ2) is 12.1. The second-order valence-corrected chi connectivity index (χ2v) is 9.62. The van der Waals surface area contributed by atoms with Crippen molar-refractivity contribution in [2.75, 3.05) is 31.6 Å². The molecule has 208 valence electrons. The highest BCUT2D eigenvalue weighted by Gasteiger charge is 2.40. The van der Waals surface area contributed by atoms with Crippen LogP contribution in [0.4, 0.5) is 23.7 Å². The third kappa shape index (κ3) is 7.45. The molecular weight excluding hydrogens is 507 g/mol. The summed E-state index contributed by atoms with van der Waals surface area (Å²) in [4.78, 5) is 31.3. The van der Waals surface area contributed by atoms with E-state index in [-0.39, 0.29) is 43.9 Å². The lowest BCUT2D eigenvalue weighted by atomic mass is 9.95. The second-order valence-electron chi connectivity index (χ2n) is 9.62. The molecular formula is C25H32F3N5O5. The van der Waals surface area contributed by atoms with E-state index in [1.165, 1.54) is 17.0 Å². The Labute approximate surface area is 218 Å². The zero-order valence-corrected chi connectivity index (χ0v) is 21.0. The molecule has 38 heavy (non-hydrogen) atoms. The predicted molar refractivity (Wildman–Crippen MR) is 130 cm³/mol. The topological polar surface area (TPSA) is 118 Å². The molecule has 3 N–H and O–H groups in total. The molecule has 1 aromatic carbocycles. The molecule has 13 heteroatoms. The van der Waals surface area contributed by atoms with Crippen molar-refractivity contribution in [1.82, 2.24) is 19.8 Å². The van der Waals surface area contributed by atoms with Gasteiger partial charge in [-0.1, -0.05) is 0 Å². The lowest BCUT2D eigenvalue weighted by Crippen LogP contribution is -2.58. The van der Waals surface area contributed by atoms with Gasteiger partial charge in [0.15, 0.2) is 0 Å². The van der Waals surface area contributed by atoms with Gasteiger partial charge in [0.05, 0.1) is 62.0 Å². The summed E-state index contributed by atoms with van der Waals surface area (Å²) >= 11 is 0. The summed E-state index contributed by atoms with van der Waals surface area (Å²) < 4.78 is 52.1. The fourth-order valence-corrected chi connectivity index (χ4v) is 4.72. The van der Waals surface area contributed by atoms with Crippen LogP contribution in [0.15, 0.2) is 36.8 Å². The molecule has 1 aromatic heterocycles. The smallest absolute Gasteiger partial charge is 0.389 e. The number of anilines is 1. The molecule has 4 rings (SSSR count). The van der Waals surface area contributed by atoms with Crippen LogP contribution in [0.25, 0.3) is 0 Å².